The van der Waals surface area contributed by atoms with Crippen molar-refractivity contribution in [3.63, 3.8) is 0 Å². The van der Waals surface area contributed by atoms with Gasteiger partial charge in [0.2, 0.25) is 0 Å². The highest BCUT2D eigenvalue weighted by Crippen LogP contribution is 2.11. The molecule has 1 unspecified atom stereocenters. The molecule has 1 aromatic carbocycles. The highest BCUT2D eigenvalue weighted by atomic mass is 32.2. The molecule has 2 nitrogen and oxygen atoms in total. The third kappa shape index (κ3) is 4.58. The molecular weight excluding hydrogens is 206 g/mol. The fourth-order valence-electron chi connectivity index (χ4n) is 1.41. The lowest BCUT2D eigenvalue weighted by Crippen LogP contribution is -2.38. The second-order valence-corrected chi connectivity index (χ2v) is 6.10. The van der Waals surface area contributed by atoms with Gasteiger partial charge in [0, 0.05) is 27.8 Å². The molecule has 15 heavy (non-hydrogen) atoms. The van der Waals surface area contributed by atoms with Crippen molar-refractivity contribution in [2.75, 3.05) is 5.75 Å². The lowest BCUT2D eigenvalue weighted by Gasteiger charge is -2.17. The minimum absolute atomic E-state index is 0.354. The van der Waals surface area contributed by atoms with Gasteiger partial charge in [-0.15, -0.1) is 0 Å². The smallest absolute Gasteiger partial charge is 0.0488 e. The number of hydrogen-bond acceptors (Lipinski definition) is 2. The van der Waals surface area contributed by atoms with Crippen LogP contribution in [0.25, 0.3) is 0 Å². The Balaban J connectivity index is 2.64. The predicted molar refractivity (Wildman–Crippen MR) is 66.2 cm³/mol. The molecule has 0 fully saturated rings. The Kier molecular flexibility index (Phi) is 4.05. The molecule has 0 aromatic heterocycles. The second kappa shape index (κ2) is 4.90. The SMILES string of the molecule is Cc1ccccc1CS(=O)CC(C)(C)N. The summed E-state index contributed by atoms with van der Waals surface area (Å²) in [6.07, 6.45) is 0. The van der Waals surface area contributed by atoms with E-state index in [0.717, 1.165) is 5.56 Å². The van der Waals surface area contributed by atoms with Crippen LogP contribution in [0.1, 0.15) is 25.0 Å². The van der Waals surface area contributed by atoms with Gasteiger partial charge >= 0.3 is 0 Å². The minimum atomic E-state index is -0.876. The zero-order chi connectivity index (χ0) is 11.5. The number of aryl methyl sites for hydroxylation is 1. The van der Waals surface area contributed by atoms with E-state index in [0.29, 0.717) is 11.5 Å². The fourth-order valence-corrected chi connectivity index (χ4v) is 3.01. The van der Waals surface area contributed by atoms with Crippen LogP contribution < -0.4 is 5.73 Å². The molecule has 0 radical (unpaired) electrons. The lowest BCUT2D eigenvalue weighted by atomic mass is 10.1. The predicted octanol–water partition coefficient (Wildman–Crippen LogP) is 1.98. The number of benzene rings is 1. The average molecular weight is 225 g/mol. The molecule has 0 aliphatic carbocycles. The van der Waals surface area contributed by atoms with E-state index in [1.54, 1.807) is 0 Å². The Bertz CT molecular complexity index is 355. The van der Waals surface area contributed by atoms with Gasteiger partial charge < -0.3 is 5.73 Å². The van der Waals surface area contributed by atoms with E-state index in [-0.39, 0.29) is 5.54 Å². The molecule has 1 aromatic rings. The van der Waals surface area contributed by atoms with E-state index in [9.17, 15) is 4.21 Å². The summed E-state index contributed by atoms with van der Waals surface area (Å²) in [7, 11) is -0.876. The van der Waals surface area contributed by atoms with E-state index >= 15 is 0 Å². The zero-order valence-corrected chi connectivity index (χ0v) is 10.4. The molecular formula is C12H19NOS. The standard InChI is InChI=1S/C12H19NOS/c1-10-6-4-5-7-11(10)8-15(14)9-12(2,3)13/h4-7H,8-9,13H2,1-3H3. The highest BCUT2D eigenvalue weighted by Gasteiger charge is 2.15. The molecule has 0 saturated heterocycles. The maximum absolute atomic E-state index is 11.8. The molecule has 0 bridgehead atoms. The van der Waals surface area contributed by atoms with Crippen LogP contribution in [-0.4, -0.2) is 15.5 Å². The molecule has 0 amide bonds. The molecule has 2 N–H and O–H groups in total. The minimum Gasteiger partial charge on any atom is -0.325 e. The van der Waals surface area contributed by atoms with Gasteiger partial charge in [-0.25, -0.2) is 0 Å². The Morgan fingerprint density at radius 2 is 1.93 bits per heavy atom. The van der Waals surface area contributed by atoms with Gasteiger partial charge in [-0.3, -0.25) is 4.21 Å². The summed E-state index contributed by atoms with van der Waals surface area (Å²) in [5.74, 6) is 1.15. The summed E-state index contributed by atoms with van der Waals surface area (Å²) in [5, 5.41) is 0. The van der Waals surface area contributed by atoms with Crippen molar-refractivity contribution in [3.8, 4) is 0 Å². The van der Waals surface area contributed by atoms with Crippen LogP contribution in [-0.2, 0) is 16.6 Å². The van der Waals surface area contributed by atoms with Crippen LogP contribution in [0.4, 0.5) is 0 Å². The van der Waals surface area contributed by atoms with Crippen LogP contribution >= 0.6 is 0 Å². The Morgan fingerprint density at radius 3 is 2.47 bits per heavy atom. The summed E-state index contributed by atoms with van der Waals surface area (Å²) >= 11 is 0. The molecule has 1 atom stereocenters. The van der Waals surface area contributed by atoms with Crippen molar-refractivity contribution < 1.29 is 4.21 Å². The third-order valence-corrected chi connectivity index (χ3v) is 3.81. The van der Waals surface area contributed by atoms with Gasteiger partial charge in [-0.1, -0.05) is 24.3 Å². The quantitative estimate of drug-likeness (QED) is 0.851. The highest BCUT2D eigenvalue weighted by molar-refractivity contribution is 7.84. The van der Waals surface area contributed by atoms with Gasteiger partial charge in [0.05, 0.1) is 0 Å². The van der Waals surface area contributed by atoms with E-state index in [1.165, 1.54) is 5.56 Å². The molecule has 0 aliphatic heterocycles. The van der Waals surface area contributed by atoms with Crippen LogP contribution in [0.3, 0.4) is 0 Å². The fraction of sp³-hybridized carbons (Fsp3) is 0.500. The summed E-state index contributed by atoms with van der Waals surface area (Å²) < 4.78 is 11.8. The van der Waals surface area contributed by atoms with Crippen LogP contribution in [0.15, 0.2) is 24.3 Å². The topological polar surface area (TPSA) is 43.1 Å². The molecule has 0 heterocycles. The first-order valence-corrected chi connectivity index (χ1v) is 6.56. The summed E-state index contributed by atoms with van der Waals surface area (Å²) in [4.78, 5) is 0. The van der Waals surface area contributed by atoms with E-state index < -0.39 is 10.8 Å². The van der Waals surface area contributed by atoms with Gasteiger partial charge in [0.25, 0.3) is 0 Å². The first-order valence-electron chi connectivity index (χ1n) is 5.07. The lowest BCUT2D eigenvalue weighted by molar-refractivity contribution is 0.577. The largest absolute Gasteiger partial charge is 0.325 e. The third-order valence-electron chi connectivity index (χ3n) is 2.11. The van der Waals surface area contributed by atoms with Crippen molar-refractivity contribution >= 4 is 10.8 Å². The number of nitrogens with two attached hydrogens (primary N) is 1. The van der Waals surface area contributed by atoms with Crippen LogP contribution in [0, 0.1) is 6.92 Å². The first kappa shape index (κ1) is 12.4. The summed E-state index contributed by atoms with van der Waals surface area (Å²) in [5.41, 5.74) is 7.83. The zero-order valence-electron chi connectivity index (χ0n) is 9.62. The molecule has 0 aliphatic rings. The van der Waals surface area contributed by atoms with Crippen LogP contribution in [0.2, 0.25) is 0 Å². The van der Waals surface area contributed by atoms with Crippen LogP contribution in [0.5, 0.6) is 0 Å². The van der Waals surface area contributed by atoms with Gasteiger partial charge in [-0.2, -0.15) is 0 Å². The van der Waals surface area contributed by atoms with Crippen molar-refractivity contribution in [3.05, 3.63) is 35.4 Å². The monoisotopic (exact) mass is 225 g/mol. The van der Waals surface area contributed by atoms with Crippen molar-refractivity contribution in [1.29, 1.82) is 0 Å². The summed E-state index contributed by atoms with van der Waals surface area (Å²) in [6, 6.07) is 8.04. The molecule has 1 rings (SSSR count). The number of hydrogen-bond donors (Lipinski definition) is 1. The molecule has 3 heteroatoms. The molecule has 84 valence electrons. The van der Waals surface area contributed by atoms with Gasteiger partial charge in [0.15, 0.2) is 0 Å². The normalized spacial score (nSPS) is 13.9. The average Bonchev–Trinajstić information content (AvgIpc) is 2.05. The second-order valence-electron chi connectivity index (χ2n) is 4.64. The van der Waals surface area contributed by atoms with Gasteiger partial charge in [0.1, 0.15) is 0 Å². The molecule has 0 spiro atoms. The van der Waals surface area contributed by atoms with E-state index in [4.69, 9.17) is 5.73 Å². The Hall–Kier alpha value is -0.670. The van der Waals surface area contributed by atoms with E-state index in [1.807, 2.05) is 45.0 Å². The van der Waals surface area contributed by atoms with Gasteiger partial charge in [-0.05, 0) is 31.9 Å². The summed E-state index contributed by atoms with van der Waals surface area (Å²) in [6.45, 7) is 5.85. The maximum atomic E-state index is 11.8. The van der Waals surface area contributed by atoms with Crippen molar-refractivity contribution in [2.45, 2.75) is 32.1 Å². The van der Waals surface area contributed by atoms with Crippen molar-refractivity contribution in [1.82, 2.24) is 0 Å². The van der Waals surface area contributed by atoms with E-state index in [2.05, 4.69) is 0 Å². The Labute approximate surface area is 94.3 Å². The number of rotatable bonds is 4. The van der Waals surface area contributed by atoms with Crippen molar-refractivity contribution in [2.24, 2.45) is 5.73 Å². The first-order chi connectivity index (χ1) is 6.88. The Morgan fingerprint density at radius 1 is 1.33 bits per heavy atom. The maximum Gasteiger partial charge on any atom is 0.0488 e. The molecule has 0 saturated carbocycles.